The minimum absolute atomic E-state index is 0.173. The number of phosphoric ester groups is 1. The molecule has 1 amide bonds. The molecule has 0 radical (unpaired) electrons. The number of carbonyl (C=O) groups excluding carboxylic acids is 2. The third kappa shape index (κ3) is 8.16. The summed E-state index contributed by atoms with van der Waals surface area (Å²) in [5.74, 6) is -0.802. The Morgan fingerprint density at radius 1 is 0.947 bits per heavy atom. The number of hydrogen-bond donors (Lipinski definition) is 0. The van der Waals surface area contributed by atoms with E-state index in [0.29, 0.717) is 24.3 Å². The first-order chi connectivity index (χ1) is 18.4. The van der Waals surface area contributed by atoms with Crippen molar-refractivity contribution in [2.75, 3.05) is 26.9 Å². The summed E-state index contributed by atoms with van der Waals surface area (Å²) in [6, 6.07) is 15.6. The summed E-state index contributed by atoms with van der Waals surface area (Å²) in [5, 5.41) is 0. The lowest BCUT2D eigenvalue weighted by atomic mass is 9.84. The van der Waals surface area contributed by atoms with Crippen LogP contribution in [-0.4, -0.2) is 49.7 Å². The average Bonchev–Trinajstić information content (AvgIpc) is 2.94. The molecule has 208 valence electrons. The van der Waals surface area contributed by atoms with Crippen LogP contribution >= 0.6 is 7.82 Å². The molecule has 38 heavy (non-hydrogen) atoms. The summed E-state index contributed by atoms with van der Waals surface area (Å²) in [7, 11) is -2.41. The normalized spacial score (nSPS) is 16.6. The minimum Gasteiger partial charge on any atom is -0.468 e. The Balaban J connectivity index is 1.77. The van der Waals surface area contributed by atoms with Gasteiger partial charge in [0.15, 0.2) is 0 Å². The molecule has 0 saturated carbocycles. The monoisotopic (exact) mass is 545 g/mol. The second-order valence-electron chi connectivity index (χ2n) is 9.41. The minimum atomic E-state index is -3.78. The summed E-state index contributed by atoms with van der Waals surface area (Å²) >= 11 is 0. The van der Waals surface area contributed by atoms with Crippen LogP contribution in [0, 0.1) is 0 Å². The lowest BCUT2D eigenvalue weighted by molar-refractivity contribution is -0.144. The van der Waals surface area contributed by atoms with E-state index in [-0.39, 0.29) is 31.1 Å². The van der Waals surface area contributed by atoms with E-state index in [0.717, 1.165) is 44.1 Å². The van der Waals surface area contributed by atoms with Crippen molar-refractivity contribution in [3.63, 3.8) is 0 Å². The molecule has 2 atom stereocenters. The first-order valence-electron chi connectivity index (χ1n) is 13.5. The first-order valence-corrected chi connectivity index (χ1v) is 15.0. The molecule has 0 bridgehead atoms. The number of likely N-dealkylation sites (tertiary alicyclic amines) is 1. The molecular formula is C29H40NO7P. The lowest BCUT2D eigenvalue weighted by Crippen LogP contribution is -2.48. The Labute approximate surface area is 226 Å². The van der Waals surface area contributed by atoms with Crippen molar-refractivity contribution in [3.05, 3.63) is 65.7 Å². The van der Waals surface area contributed by atoms with E-state index in [1.54, 1.807) is 29.2 Å². The Hall–Kier alpha value is -2.67. The van der Waals surface area contributed by atoms with Crippen LogP contribution in [0.3, 0.4) is 0 Å². The molecular weight excluding hydrogens is 505 g/mol. The standard InChI is InChI=1S/C29H40NO7P/c1-4-6-21-35-38(33,36-22-7-5-2)37-25-18-16-24(17-19-25)28(31)30-20-12-11-15-26(30)27(29(32)34-3)23-13-9-8-10-14-23/h8-10,13-14,16-19,26-27H,4-7,11-12,15,20-22H2,1-3H3. The van der Waals surface area contributed by atoms with Crippen molar-refractivity contribution in [3.8, 4) is 5.75 Å². The number of hydrogen-bond acceptors (Lipinski definition) is 7. The van der Waals surface area contributed by atoms with Gasteiger partial charge in [-0.15, -0.1) is 0 Å². The number of esters is 1. The number of nitrogens with zero attached hydrogens (tertiary/aromatic N) is 1. The number of piperidine rings is 1. The Morgan fingerprint density at radius 2 is 1.58 bits per heavy atom. The van der Waals surface area contributed by atoms with Gasteiger partial charge in [-0.05, 0) is 61.9 Å². The molecule has 2 aromatic carbocycles. The van der Waals surface area contributed by atoms with E-state index in [1.807, 2.05) is 44.2 Å². The van der Waals surface area contributed by atoms with E-state index in [2.05, 4.69) is 0 Å². The number of rotatable bonds is 14. The lowest BCUT2D eigenvalue weighted by Gasteiger charge is -2.39. The number of ether oxygens (including phenoxy) is 1. The maximum absolute atomic E-state index is 13.6. The molecule has 1 heterocycles. The Bertz CT molecular complexity index is 1050. The largest absolute Gasteiger partial charge is 0.530 e. The van der Waals surface area contributed by atoms with Gasteiger partial charge in [-0.3, -0.25) is 18.6 Å². The van der Waals surface area contributed by atoms with Crippen molar-refractivity contribution in [1.82, 2.24) is 4.90 Å². The molecule has 8 nitrogen and oxygen atoms in total. The van der Waals surface area contributed by atoms with Crippen molar-refractivity contribution >= 4 is 19.7 Å². The highest BCUT2D eigenvalue weighted by molar-refractivity contribution is 7.48. The predicted octanol–water partition coefficient (Wildman–Crippen LogP) is 6.76. The molecule has 1 saturated heterocycles. The highest BCUT2D eigenvalue weighted by Crippen LogP contribution is 2.49. The number of benzene rings is 2. The first kappa shape index (κ1) is 29.9. The smallest absolute Gasteiger partial charge is 0.468 e. The predicted molar refractivity (Wildman–Crippen MR) is 146 cm³/mol. The number of carbonyl (C=O) groups is 2. The van der Waals surface area contributed by atoms with Gasteiger partial charge in [0.25, 0.3) is 5.91 Å². The van der Waals surface area contributed by atoms with Gasteiger partial charge in [0.1, 0.15) is 11.7 Å². The maximum atomic E-state index is 13.6. The number of phosphoric acid groups is 1. The third-order valence-corrected chi connectivity index (χ3v) is 8.05. The fourth-order valence-electron chi connectivity index (χ4n) is 4.54. The fraction of sp³-hybridized carbons (Fsp3) is 0.517. The summed E-state index contributed by atoms with van der Waals surface area (Å²) in [6.45, 7) is 5.13. The molecule has 3 rings (SSSR count). The van der Waals surface area contributed by atoms with Crippen molar-refractivity contribution in [2.24, 2.45) is 0 Å². The number of amides is 1. The molecule has 9 heteroatoms. The van der Waals surface area contributed by atoms with Gasteiger partial charge in [-0.2, -0.15) is 0 Å². The van der Waals surface area contributed by atoms with E-state index in [4.69, 9.17) is 18.3 Å². The summed E-state index contributed by atoms with van der Waals surface area (Å²) in [6.07, 6.45) is 5.76. The summed E-state index contributed by atoms with van der Waals surface area (Å²) in [4.78, 5) is 28.3. The molecule has 1 aliphatic heterocycles. The second kappa shape index (κ2) is 15.1. The zero-order valence-corrected chi connectivity index (χ0v) is 23.6. The van der Waals surface area contributed by atoms with E-state index in [9.17, 15) is 14.2 Å². The molecule has 1 aliphatic rings. The van der Waals surface area contributed by atoms with Crippen molar-refractivity contribution in [1.29, 1.82) is 0 Å². The van der Waals surface area contributed by atoms with Gasteiger partial charge in [0.05, 0.1) is 20.3 Å². The highest BCUT2D eigenvalue weighted by atomic mass is 31.2. The van der Waals surface area contributed by atoms with Crippen LogP contribution in [0.1, 0.15) is 80.6 Å². The zero-order chi connectivity index (χ0) is 27.4. The highest BCUT2D eigenvalue weighted by Gasteiger charge is 2.39. The van der Waals surface area contributed by atoms with Crippen LogP contribution in [0.15, 0.2) is 54.6 Å². The zero-order valence-electron chi connectivity index (χ0n) is 22.7. The Morgan fingerprint density at radius 3 is 2.16 bits per heavy atom. The van der Waals surface area contributed by atoms with E-state index in [1.165, 1.54) is 7.11 Å². The second-order valence-corrected chi connectivity index (χ2v) is 11.0. The van der Waals surface area contributed by atoms with Crippen LogP contribution in [0.5, 0.6) is 5.75 Å². The summed E-state index contributed by atoms with van der Waals surface area (Å²) < 4.78 is 35.0. The molecule has 0 N–H and O–H groups in total. The molecule has 0 aliphatic carbocycles. The van der Waals surface area contributed by atoms with E-state index >= 15 is 0 Å². The average molecular weight is 546 g/mol. The van der Waals surface area contributed by atoms with Gasteiger partial charge in [-0.1, -0.05) is 57.0 Å². The SMILES string of the molecule is CCCCOP(=O)(OCCCC)Oc1ccc(C(=O)N2CCCCC2C(C(=O)OC)c2ccccc2)cc1. The molecule has 0 aromatic heterocycles. The molecule has 0 spiro atoms. The van der Waals surface area contributed by atoms with Crippen LogP contribution in [0.25, 0.3) is 0 Å². The van der Waals surface area contributed by atoms with Gasteiger partial charge in [0, 0.05) is 18.2 Å². The van der Waals surface area contributed by atoms with E-state index < -0.39 is 13.7 Å². The van der Waals surface area contributed by atoms with Gasteiger partial charge < -0.3 is 14.2 Å². The van der Waals surface area contributed by atoms with Gasteiger partial charge in [0.2, 0.25) is 0 Å². The Kier molecular flexibility index (Phi) is 11.8. The maximum Gasteiger partial charge on any atom is 0.530 e. The van der Waals surface area contributed by atoms with Crippen molar-refractivity contribution < 1.29 is 32.5 Å². The quantitative estimate of drug-likeness (QED) is 0.147. The van der Waals surface area contributed by atoms with Gasteiger partial charge in [-0.25, -0.2) is 4.57 Å². The van der Waals surface area contributed by atoms with Crippen LogP contribution in [-0.2, 0) is 23.1 Å². The molecule has 1 fully saturated rings. The van der Waals surface area contributed by atoms with Crippen LogP contribution in [0.2, 0.25) is 0 Å². The number of methoxy groups -OCH3 is 1. The number of unbranched alkanes of at least 4 members (excludes halogenated alkanes) is 2. The van der Waals surface area contributed by atoms with Crippen molar-refractivity contribution in [2.45, 2.75) is 70.8 Å². The van der Waals surface area contributed by atoms with Crippen LogP contribution < -0.4 is 4.52 Å². The fourth-order valence-corrected chi connectivity index (χ4v) is 5.81. The third-order valence-electron chi connectivity index (χ3n) is 6.62. The summed E-state index contributed by atoms with van der Waals surface area (Å²) in [5.41, 5.74) is 1.28. The molecule has 2 aromatic rings. The molecule has 2 unspecified atom stereocenters. The van der Waals surface area contributed by atoms with Gasteiger partial charge >= 0.3 is 13.8 Å². The topological polar surface area (TPSA) is 91.4 Å². The van der Waals surface area contributed by atoms with Crippen LogP contribution in [0.4, 0.5) is 0 Å².